The van der Waals surface area contributed by atoms with Crippen LogP contribution in [0.3, 0.4) is 0 Å². The molecule has 0 saturated carbocycles. The summed E-state index contributed by atoms with van der Waals surface area (Å²) < 4.78 is 11.4. The number of imide groups is 1. The van der Waals surface area contributed by atoms with Gasteiger partial charge < -0.3 is 9.47 Å². The molecule has 0 spiro atoms. The van der Waals surface area contributed by atoms with E-state index in [0.29, 0.717) is 22.1 Å². The van der Waals surface area contributed by atoms with Crippen molar-refractivity contribution in [2.75, 3.05) is 13.2 Å². The van der Waals surface area contributed by atoms with Gasteiger partial charge in [0.05, 0.1) is 21.5 Å². The normalized spacial score (nSPS) is 14.7. The van der Waals surface area contributed by atoms with Gasteiger partial charge in [-0.05, 0) is 53.7 Å². The van der Waals surface area contributed by atoms with Crippen molar-refractivity contribution >= 4 is 63.8 Å². The molecule has 34 heavy (non-hydrogen) atoms. The maximum atomic E-state index is 12.7. The number of carbonyl (C=O) groups is 2. The number of halogens is 3. The number of amides is 2. The summed E-state index contributed by atoms with van der Waals surface area (Å²) in [5.74, 6) is 0.593. The second kappa shape index (κ2) is 11.2. The van der Waals surface area contributed by atoms with Crippen molar-refractivity contribution in [1.29, 1.82) is 0 Å². The van der Waals surface area contributed by atoms with Crippen LogP contribution >= 0.6 is 46.6 Å². The highest BCUT2D eigenvalue weighted by molar-refractivity contribution is 8.18. The van der Waals surface area contributed by atoms with Crippen LogP contribution in [-0.2, 0) is 11.4 Å². The summed E-state index contributed by atoms with van der Waals surface area (Å²) in [6.07, 6.45) is 1.58. The van der Waals surface area contributed by atoms with Crippen LogP contribution in [-0.4, -0.2) is 29.2 Å². The van der Waals surface area contributed by atoms with E-state index >= 15 is 0 Å². The molecule has 4 rings (SSSR count). The van der Waals surface area contributed by atoms with Crippen molar-refractivity contribution in [2.45, 2.75) is 6.61 Å². The number of hydrogen-bond donors (Lipinski definition) is 0. The van der Waals surface area contributed by atoms with Gasteiger partial charge in [0.2, 0.25) is 0 Å². The summed E-state index contributed by atoms with van der Waals surface area (Å²) in [6.45, 7) is 0.542. The quantitative estimate of drug-likeness (QED) is 0.283. The minimum atomic E-state index is -0.391. The first kappa shape index (κ1) is 24.5. The summed E-state index contributed by atoms with van der Waals surface area (Å²) in [7, 11) is 0. The standard InChI is InChI=1S/C25H18Cl3NO4S/c26-19-9-5-4-6-17(19)15-33-23-20(27)12-16(13-21(23)28)14-22-24(30)29(25(31)34-22)10-11-32-18-7-2-1-3-8-18/h1-9,12-14H,10-11,15H2/b22-14-. The molecule has 3 aromatic carbocycles. The molecular formula is C25H18Cl3NO4S. The summed E-state index contributed by atoms with van der Waals surface area (Å²) in [4.78, 5) is 26.5. The molecule has 2 amide bonds. The predicted octanol–water partition coefficient (Wildman–Crippen LogP) is 7.34. The molecule has 0 aromatic heterocycles. The third-order valence-electron chi connectivity index (χ3n) is 4.85. The van der Waals surface area contributed by atoms with Crippen LogP contribution in [0.4, 0.5) is 4.79 Å². The highest BCUT2D eigenvalue weighted by Gasteiger charge is 2.34. The van der Waals surface area contributed by atoms with Crippen LogP contribution in [0.5, 0.6) is 11.5 Å². The third-order valence-corrected chi connectivity index (χ3v) is 6.69. The molecule has 0 bridgehead atoms. The molecule has 0 aliphatic carbocycles. The topological polar surface area (TPSA) is 55.8 Å². The van der Waals surface area contributed by atoms with Gasteiger partial charge in [0.25, 0.3) is 11.1 Å². The smallest absolute Gasteiger partial charge is 0.293 e. The molecule has 1 heterocycles. The van der Waals surface area contributed by atoms with Crippen molar-refractivity contribution in [1.82, 2.24) is 4.90 Å². The number of hydrogen-bond acceptors (Lipinski definition) is 5. The van der Waals surface area contributed by atoms with E-state index in [1.807, 2.05) is 48.5 Å². The summed E-state index contributed by atoms with van der Waals surface area (Å²) >= 11 is 19.8. The van der Waals surface area contributed by atoms with Gasteiger partial charge in [-0.15, -0.1) is 0 Å². The van der Waals surface area contributed by atoms with E-state index in [-0.39, 0.29) is 39.9 Å². The second-order valence-corrected chi connectivity index (χ2v) is 9.40. The zero-order valence-corrected chi connectivity index (χ0v) is 20.8. The summed E-state index contributed by atoms with van der Waals surface area (Å²) in [5, 5.41) is 0.781. The van der Waals surface area contributed by atoms with E-state index in [1.165, 1.54) is 0 Å². The lowest BCUT2D eigenvalue weighted by Crippen LogP contribution is -2.32. The highest BCUT2D eigenvalue weighted by atomic mass is 35.5. The Morgan fingerprint density at radius 1 is 0.853 bits per heavy atom. The minimum Gasteiger partial charge on any atom is -0.492 e. The largest absolute Gasteiger partial charge is 0.492 e. The van der Waals surface area contributed by atoms with E-state index < -0.39 is 5.91 Å². The fourth-order valence-corrected chi connectivity index (χ4v) is 4.85. The van der Waals surface area contributed by atoms with Crippen LogP contribution in [0.2, 0.25) is 15.1 Å². The Kier molecular flexibility index (Phi) is 8.06. The first-order valence-corrected chi connectivity index (χ1v) is 12.2. The number of ether oxygens (including phenoxy) is 2. The van der Waals surface area contributed by atoms with Gasteiger partial charge in [0, 0.05) is 10.6 Å². The molecule has 9 heteroatoms. The molecule has 1 aliphatic heterocycles. The van der Waals surface area contributed by atoms with Crippen LogP contribution in [0.25, 0.3) is 6.08 Å². The maximum absolute atomic E-state index is 12.7. The first-order valence-electron chi connectivity index (χ1n) is 10.2. The van der Waals surface area contributed by atoms with E-state index in [9.17, 15) is 9.59 Å². The van der Waals surface area contributed by atoms with Crippen molar-refractivity contribution < 1.29 is 19.1 Å². The Labute approximate surface area is 216 Å². The zero-order valence-electron chi connectivity index (χ0n) is 17.7. The van der Waals surface area contributed by atoms with E-state index in [1.54, 1.807) is 24.3 Å². The molecular weight excluding hydrogens is 517 g/mol. The molecule has 1 fully saturated rings. The molecule has 174 valence electrons. The summed E-state index contributed by atoms with van der Waals surface area (Å²) in [5.41, 5.74) is 1.37. The Morgan fingerprint density at radius 3 is 2.24 bits per heavy atom. The molecule has 3 aromatic rings. The van der Waals surface area contributed by atoms with Gasteiger partial charge in [-0.25, -0.2) is 0 Å². The second-order valence-electron chi connectivity index (χ2n) is 7.19. The van der Waals surface area contributed by atoms with Crippen molar-refractivity contribution in [2.24, 2.45) is 0 Å². The van der Waals surface area contributed by atoms with Crippen LogP contribution in [0.1, 0.15) is 11.1 Å². The van der Waals surface area contributed by atoms with Crippen molar-refractivity contribution in [3.8, 4) is 11.5 Å². The molecule has 1 saturated heterocycles. The van der Waals surface area contributed by atoms with Gasteiger partial charge in [-0.2, -0.15) is 0 Å². The Morgan fingerprint density at radius 2 is 1.53 bits per heavy atom. The zero-order chi connectivity index (χ0) is 24.1. The van der Waals surface area contributed by atoms with Crippen molar-refractivity contribution in [3.05, 3.63) is 97.8 Å². The molecule has 5 nitrogen and oxygen atoms in total. The average Bonchev–Trinajstić information content (AvgIpc) is 3.07. The number of para-hydroxylation sites is 1. The number of thioether (sulfide) groups is 1. The highest BCUT2D eigenvalue weighted by Crippen LogP contribution is 2.38. The van der Waals surface area contributed by atoms with Crippen molar-refractivity contribution in [3.63, 3.8) is 0 Å². The number of nitrogens with zero attached hydrogens (tertiary/aromatic N) is 1. The van der Waals surface area contributed by atoms with Gasteiger partial charge in [0.15, 0.2) is 5.75 Å². The molecule has 1 aliphatic rings. The van der Waals surface area contributed by atoms with Crippen LogP contribution in [0.15, 0.2) is 71.6 Å². The maximum Gasteiger partial charge on any atom is 0.293 e. The monoisotopic (exact) mass is 533 g/mol. The minimum absolute atomic E-state index is 0.146. The lowest BCUT2D eigenvalue weighted by atomic mass is 10.2. The average molecular weight is 535 g/mol. The number of carbonyl (C=O) groups excluding carboxylic acids is 2. The fourth-order valence-electron chi connectivity index (χ4n) is 3.18. The lowest BCUT2D eigenvalue weighted by Gasteiger charge is -2.13. The van der Waals surface area contributed by atoms with Gasteiger partial charge in [-0.3, -0.25) is 14.5 Å². The van der Waals surface area contributed by atoms with E-state index in [0.717, 1.165) is 22.2 Å². The van der Waals surface area contributed by atoms with E-state index in [4.69, 9.17) is 44.3 Å². The molecule has 0 unspecified atom stereocenters. The lowest BCUT2D eigenvalue weighted by molar-refractivity contribution is -0.123. The number of benzene rings is 3. The molecule has 0 N–H and O–H groups in total. The van der Waals surface area contributed by atoms with Crippen LogP contribution < -0.4 is 9.47 Å². The Hall–Kier alpha value is -2.64. The SMILES string of the molecule is O=C1S/C(=C\c2cc(Cl)c(OCc3ccccc3Cl)c(Cl)c2)C(=O)N1CCOc1ccccc1. The Bertz CT molecular complexity index is 1230. The van der Waals surface area contributed by atoms with Crippen LogP contribution in [0, 0.1) is 0 Å². The number of rotatable bonds is 8. The van der Waals surface area contributed by atoms with Gasteiger partial charge >= 0.3 is 0 Å². The van der Waals surface area contributed by atoms with Gasteiger partial charge in [-0.1, -0.05) is 71.2 Å². The summed E-state index contributed by atoms with van der Waals surface area (Å²) in [6, 6.07) is 19.8. The predicted molar refractivity (Wildman–Crippen MR) is 137 cm³/mol. The Balaban J connectivity index is 1.42. The fraction of sp³-hybridized carbons (Fsp3) is 0.120. The first-order chi connectivity index (χ1) is 16.4. The molecule has 0 atom stereocenters. The van der Waals surface area contributed by atoms with E-state index in [2.05, 4.69) is 0 Å². The van der Waals surface area contributed by atoms with Gasteiger partial charge in [0.1, 0.15) is 19.0 Å². The molecule has 0 radical (unpaired) electrons. The third kappa shape index (κ3) is 5.88.